The summed E-state index contributed by atoms with van der Waals surface area (Å²) in [5.41, 5.74) is 1.27. The van der Waals surface area contributed by atoms with Crippen molar-refractivity contribution in [3.8, 4) is 0 Å². The molecule has 0 unspecified atom stereocenters. The Hall–Kier alpha value is -1.61. The van der Waals surface area contributed by atoms with Crippen LogP contribution in [0.5, 0.6) is 0 Å². The van der Waals surface area contributed by atoms with E-state index < -0.39 is 0 Å². The van der Waals surface area contributed by atoms with Gasteiger partial charge in [-0.15, -0.1) is 0 Å². The molecule has 86 valence electrons. The molecule has 0 amide bonds. The second-order valence-corrected chi connectivity index (χ2v) is 4.57. The van der Waals surface area contributed by atoms with Crippen molar-refractivity contribution < 1.29 is 4.74 Å². The van der Waals surface area contributed by atoms with Gasteiger partial charge in [0.15, 0.2) is 0 Å². The Morgan fingerprint density at radius 2 is 1.94 bits per heavy atom. The molecule has 1 saturated heterocycles. The zero-order chi connectivity index (χ0) is 11.7. The Morgan fingerprint density at radius 1 is 1.12 bits per heavy atom. The van der Waals surface area contributed by atoms with Gasteiger partial charge in [-0.2, -0.15) is 0 Å². The summed E-state index contributed by atoms with van der Waals surface area (Å²) in [6.07, 6.45) is 0. The van der Waals surface area contributed by atoms with Crippen molar-refractivity contribution >= 4 is 28.2 Å². The second kappa shape index (κ2) is 4.34. The van der Waals surface area contributed by atoms with Gasteiger partial charge in [-0.3, -0.25) is 0 Å². The molecule has 1 fully saturated rings. The Bertz CT molecular complexity index is 567. The van der Waals surface area contributed by atoms with E-state index in [0.717, 1.165) is 13.1 Å². The molecule has 3 heteroatoms. The summed E-state index contributed by atoms with van der Waals surface area (Å²) >= 11 is 5.14. The van der Waals surface area contributed by atoms with Crippen LogP contribution in [0.2, 0.25) is 0 Å². The van der Waals surface area contributed by atoms with E-state index >= 15 is 0 Å². The van der Waals surface area contributed by atoms with Crippen LogP contribution in [-0.4, -0.2) is 23.2 Å². The molecule has 0 aliphatic carbocycles. The average Bonchev–Trinajstić information content (AvgIpc) is 2.75. The molecular weight excluding hydrogens is 230 g/mol. The third-order valence-corrected chi connectivity index (χ3v) is 3.41. The number of ether oxygens (including phenoxy) is 1. The Morgan fingerprint density at radius 3 is 2.71 bits per heavy atom. The molecule has 0 saturated carbocycles. The zero-order valence-corrected chi connectivity index (χ0v) is 10.2. The van der Waals surface area contributed by atoms with Gasteiger partial charge in [-0.25, -0.2) is 0 Å². The van der Waals surface area contributed by atoms with Gasteiger partial charge < -0.3 is 9.64 Å². The normalized spacial score (nSPS) is 15.3. The number of benzene rings is 2. The number of hydrogen-bond donors (Lipinski definition) is 0. The lowest BCUT2D eigenvalue weighted by Crippen LogP contribution is -2.23. The van der Waals surface area contributed by atoms with E-state index in [9.17, 15) is 0 Å². The van der Waals surface area contributed by atoms with Gasteiger partial charge in [0.25, 0.3) is 5.17 Å². The van der Waals surface area contributed by atoms with Crippen LogP contribution in [0.3, 0.4) is 0 Å². The number of nitrogens with zero attached hydrogens (tertiary/aromatic N) is 1. The average molecular weight is 243 g/mol. The first-order valence-electron chi connectivity index (χ1n) is 5.72. The van der Waals surface area contributed by atoms with Gasteiger partial charge in [0, 0.05) is 6.54 Å². The molecule has 0 atom stereocenters. The minimum Gasteiger partial charge on any atom is -0.469 e. The van der Waals surface area contributed by atoms with Gasteiger partial charge in [-0.1, -0.05) is 36.4 Å². The van der Waals surface area contributed by atoms with Crippen LogP contribution in [0.25, 0.3) is 10.8 Å². The minimum atomic E-state index is 0.623. The first-order chi connectivity index (χ1) is 8.33. The summed E-state index contributed by atoms with van der Waals surface area (Å²) in [7, 11) is 0. The van der Waals surface area contributed by atoms with Crippen LogP contribution in [0.4, 0.5) is 0 Å². The van der Waals surface area contributed by atoms with E-state index in [4.69, 9.17) is 17.0 Å². The smallest absolute Gasteiger partial charge is 0.259 e. The van der Waals surface area contributed by atoms with Gasteiger partial charge >= 0.3 is 0 Å². The van der Waals surface area contributed by atoms with Crippen LogP contribution in [0, 0.1) is 0 Å². The minimum absolute atomic E-state index is 0.623. The molecule has 0 bridgehead atoms. The fraction of sp³-hybridized carbons (Fsp3) is 0.214. The molecule has 0 aromatic heterocycles. The molecule has 0 spiro atoms. The first kappa shape index (κ1) is 10.5. The van der Waals surface area contributed by atoms with Crippen molar-refractivity contribution in [2.45, 2.75) is 6.54 Å². The van der Waals surface area contributed by atoms with Gasteiger partial charge in [0.05, 0.1) is 6.54 Å². The molecule has 1 aliphatic heterocycles. The highest BCUT2D eigenvalue weighted by Crippen LogP contribution is 2.18. The predicted molar refractivity (Wildman–Crippen MR) is 72.9 cm³/mol. The van der Waals surface area contributed by atoms with Crippen molar-refractivity contribution in [3.63, 3.8) is 0 Å². The lowest BCUT2D eigenvalue weighted by Gasteiger charge is -2.15. The van der Waals surface area contributed by atoms with Gasteiger partial charge in [0.1, 0.15) is 6.61 Å². The van der Waals surface area contributed by atoms with Gasteiger partial charge in [0.2, 0.25) is 0 Å². The van der Waals surface area contributed by atoms with Crippen molar-refractivity contribution in [1.29, 1.82) is 0 Å². The lowest BCUT2D eigenvalue weighted by molar-refractivity contribution is 0.360. The third kappa shape index (κ3) is 2.11. The van der Waals surface area contributed by atoms with Gasteiger partial charge in [-0.05, 0) is 34.6 Å². The van der Waals surface area contributed by atoms with E-state index in [0.29, 0.717) is 11.8 Å². The first-order valence-corrected chi connectivity index (χ1v) is 6.13. The summed E-state index contributed by atoms with van der Waals surface area (Å²) in [5, 5.41) is 3.17. The van der Waals surface area contributed by atoms with E-state index in [2.05, 4.69) is 47.4 Å². The quantitative estimate of drug-likeness (QED) is 0.752. The summed E-state index contributed by atoms with van der Waals surface area (Å²) in [6.45, 7) is 2.45. The number of fused-ring (bicyclic) bond motifs is 1. The maximum Gasteiger partial charge on any atom is 0.259 e. The van der Waals surface area contributed by atoms with E-state index in [-0.39, 0.29) is 0 Å². The molecule has 0 radical (unpaired) electrons. The van der Waals surface area contributed by atoms with Crippen LogP contribution in [0.1, 0.15) is 5.56 Å². The maximum absolute atomic E-state index is 5.28. The fourth-order valence-corrected chi connectivity index (χ4v) is 2.37. The molecule has 3 rings (SSSR count). The van der Waals surface area contributed by atoms with E-state index in [1.807, 2.05) is 0 Å². The standard InChI is InChI=1S/C14H13NOS/c17-14-15(7-8-16-14)10-11-5-6-12-3-1-2-4-13(12)9-11/h1-6,9H,7-8,10H2. The van der Waals surface area contributed by atoms with Crippen LogP contribution >= 0.6 is 12.2 Å². The molecule has 2 nitrogen and oxygen atoms in total. The number of thiocarbonyl (C=S) groups is 1. The number of hydrogen-bond acceptors (Lipinski definition) is 2. The summed E-state index contributed by atoms with van der Waals surface area (Å²) in [4.78, 5) is 2.10. The monoisotopic (exact) mass is 243 g/mol. The molecule has 17 heavy (non-hydrogen) atoms. The van der Waals surface area contributed by atoms with Crippen molar-refractivity contribution in [1.82, 2.24) is 4.90 Å². The molecule has 2 aromatic carbocycles. The maximum atomic E-state index is 5.28. The van der Waals surface area contributed by atoms with Crippen molar-refractivity contribution in [3.05, 3.63) is 48.0 Å². The topological polar surface area (TPSA) is 12.5 Å². The Balaban J connectivity index is 1.88. The summed E-state index contributed by atoms with van der Waals surface area (Å²) in [5.74, 6) is 0. The molecule has 1 heterocycles. The zero-order valence-electron chi connectivity index (χ0n) is 9.43. The van der Waals surface area contributed by atoms with Crippen molar-refractivity contribution in [2.24, 2.45) is 0 Å². The molecule has 1 aliphatic rings. The molecular formula is C14H13NOS. The molecule has 0 N–H and O–H groups in total. The van der Waals surface area contributed by atoms with E-state index in [1.165, 1.54) is 16.3 Å². The fourth-order valence-electron chi connectivity index (χ4n) is 2.13. The SMILES string of the molecule is S=C1OCCN1Cc1ccc2ccccc2c1. The van der Waals surface area contributed by atoms with E-state index in [1.54, 1.807) is 0 Å². The van der Waals surface area contributed by atoms with Crippen LogP contribution < -0.4 is 0 Å². The number of rotatable bonds is 2. The highest BCUT2D eigenvalue weighted by Gasteiger charge is 2.17. The summed E-state index contributed by atoms with van der Waals surface area (Å²) < 4.78 is 5.28. The Kier molecular flexibility index (Phi) is 2.69. The predicted octanol–water partition coefficient (Wildman–Crippen LogP) is 2.96. The largest absolute Gasteiger partial charge is 0.469 e. The summed E-state index contributed by atoms with van der Waals surface area (Å²) in [6, 6.07) is 14.9. The second-order valence-electron chi connectivity index (χ2n) is 4.22. The van der Waals surface area contributed by atoms with Crippen LogP contribution in [-0.2, 0) is 11.3 Å². The highest BCUT2D eigenvalue weighted by molar-refractivity contribution is 7.80. The molecule has 2 aromatic rings. The lowest BCUT2D eigenvalue weighted by atomic mass is 10.1. The van der Waals surface area contributed by atoms with Crippen molar-refractivity contribution in [2.75, 3.05) is 13.2 Å². The Labute approximate surface area is 106 Å². The van der Waals surface area contributed by atoms with Crippen LogP contribution in [0.15, 0.2) is 42.5 Å². The third-order valence-electron chi connectivity index (χ3n) is 3.03. The highest BCUT2D eigenvalue weighted by atomic mass is 32.1.